The first-order chi connectivity index (χ1) is 12.6. The normalized spacial score (nSPS) is 10.5. The molecule has 0 radical (unpaired) electrons. The lowest BCUT2D eigenvalue weighted by Gasteiger charge is -2.10. The predicted molar refractivity (Wildman–Crippen MR) is 92.5 cm³/mol. The molecule has 0 fully saturated rings. The molecule has 0 spiro atoms. The van der Waals surface area contributed by atoms with Gasteiger partial charge in [0.1, 0.15) is 17.2 Å². The van der Waals surface area contributed by atoms with E-state index < -0.39 is 12.6 Å². The quantitative estimate of drug-likeness (QED) is 0.476. The van der Waals surface area contributed by atoms with E-state index in [1.54, 1.807) is 30.3 Å². The first kappa shape index (κ1) is 17.5. The smallest absolute Gasteiger partial charge is 0.312 e. The minimum atomic E-state index is -0.570. The Morgan fingerprint density at radius 2 is 1.88 bits per heavy atom. The summed E-state index contributed by atoms with van der Waals surface area (Å²) < 4.78 is 20.5. The molecule has 0 N–H and O–H groups in total. The van der Waals surface area contributed by atoms with E-state index in [1.165, 1.54) is 14.2 Å². The number of ketones is 1. The zero-order chi connectivity index (χ0) is 18.5. The minimum Gasteiger partial charge on any atom is -0.497 e. The molecule has 134 valence electrons. The molecule has 3 rings (SSSR count). The van der Waals surface area contributed by atoms with Crippen LogP contribution in [0.15, 0.2) is 47.0 Å². The van der Waals surface area contributed by atoms with Gasteiger partial charge in [-0.2, -0.15) is 0 Å². The maximum atomic E-state index is 12.4. The van der Waals surface area contributed by atoms with Crippen LogP contribution in [-0.4, -0.2) is 37.7 Å². The first-order valence-corrected chi connectivity index (χ1v) is 7.86. The summed E-state index contributed by atoms with van der Waals surface area (Å²) in [5.74, 6) is -0.0673. The van der Waals surface area contributed by atoms with Crippen molar-refractivity contribution < 1.29 is 28.3 Å². The Labute approximate surface area is 149 Å². The Bertz CT molecular complexity index is 946. The Morgan fingerprint density at radius 1 is 1.08 bits per heavy atom. The molecule has 26 heavy (non-hydrogen) atoms. The van der Waals surface area contributed by atoms with Gasteiger partial charge < -0.3 is 18.7 Å². The Morgan fingerprint density at radius 3 is 2.65 bits per heavy atom. The van der Waals surface area contributed by atoms with Crippen LogP contribution in [0.2, 0.25) is 0 Å². The summed E-state index contributed by atoms with van der Waals surface area (Å²) in [6.45, 7) is -0.405. The lowest BCUT2D eigenvalue weighted by atomic mass is 10.1. The van der Waals surface area contributed by atoms with Crippen molar-refractivity contribution in [2.75, 3.05) is 20.8 Å². The van der Waals surface area contributed by atoms with Gasteiger partial charge in [-0.3, -0.25) is 9.59 Å². The van der Waals surface area contributed by atoms with Crippen LogP contribution in [0.1, 0.15) is 16.1 Å². The molecule has 0 aliphatic heterocycles. The van der Waals surface area contributed by atoms with Crippen molar-refractivity contribution in [1.29, 1.82) is 0 Å². The predicted octanol–water partition coefficient (Wildman–Crippen LogP) is 2.81. The molecular formula is C19H17NO6. The molecule has 2 aromatic carbocycles. The van der Waals surface area contributed by atoms with E-state index in [0.29, 0.717) is 22.8 Å². The van der Waals surface area contributed by atoms with Crippen LogP contribution in [0.3, 0.4) is 0 Å². The summed E-state index contributed by atoms with van der Waals surface area (Å²) in [7, 11) is 2.96. The number of benzene rings is 2. The third kappa shape index (κ3) is 3.66. The van der Waals surface area contributed by atoms with Gasteiger partial charge in [0.25, 0.3) is 0 Å². The molecule has 0 saturated heterocycles. The van der Waals surface area contributed by atoms with E-state index >= 15 is 0 Å². The number of hydrogen-bond donors (Lipinski definition) is 0. The van der Waals surface area contributed by atoms with Crippen LogP contribution in [0.4, 0.5) is 0 Å². The standard InChI is InChI=1S/C19H17NO6/c1-23-12-7-8-17(24-2)14(9-12)16(21)11-25-19(22)10-15-13-5-3-4-6-18(13)26-20-15/h3-9H,10-11H2,1-2H3. The highest BCUT2D eigenvalue weighted by molar-refractivity contribution is 6.00. The Balaban J connectivity index is 1.65. The van der Waals surface area contributed by atoms with Crippen molar-refractivity contribution in [1.82, 2.24) is 5.16 Å². The Hall–Kier alpha value is -3.35. The number of rotatable bonds is 7. The van der Waals surface area contributed by atoms with Crippen LogP contribution < -0.4 is 9.47 Å². The van der Waals surface area contributed by atoms with Gasteiger partial charge in [0, 0.05) is 5.39 Å². The summed E-state index contributed by atoms with van der Waals surface area (Å²) in [5.41, 5.74) is 1.34. The molecular weight excluding hydrogens is 338 g/mol. The van der Waals surface area contributed by atoms with E-state index in [4.69, 9.17) is 18.7 Å². The maximum absolute atomic E-state index is 12.4. The second-order valence-corrected chi connectivity index (χ2v) is 5.45. The molecule has 1 aromatic heterocycles. The van der Waals surface area contributed by atoms with Crippen molar-refractivity contribution in [2.45, 2.75) is 6.42 Å². The largest absolute Gasteiger partial charge is 0.497 e. The van der Waals surface area contributed by atoms with Gasteiger partial charge in [-0.05, 0) is 30.3 Å². The number of carbonyl (C=O) groups is 2. The van der Waals surface area contributed by atoms with E-state index in [-0.39, 0.29) is 17.8 Å². The molecule has 0 aliphatic carbocycles. The van der Waals surface area contributed by atoms with E-state index in [2.05, 4.69) is 5.16 Å². The van der Waals surface area contributed by atoms with Crippen LogP contribution >= 0.6 is 0 Å². The number of ether oxygens (including phenoxy) is 3. The fourth-order valence-electron chi connectivity index (χ4n) is 2.51. The molecule has 0 unspecified atom stereocenters. The zero-order valence-corrected chi connectivity index (χ0v) is 14.4. The Kier molecular flexibility index (Phi) is 5.17. The average Bonchev–Trinajstić information content (AvgIpc) is 3.08. The molecule has 0 saturated carbocycles. The second-order valence-electron chi connectivity index (χ2n) is 5.45. The van der Waals surface area contributed by atoms with Crippen LogP contribution in [0.5, 0.6) is 11.5 Å². The lowest BCUT2D eigenvalue weighted by molar-refractivity contribution is -0.141. The lowest BCUT2D eigenvalue weighted by Crippen LogP contribution is -2.16. The summed E-state index contributed by atoms with van der Waals surface area (Å²) in [5, 5.41) is 4.61. The highest BCUT2D eigenvalue weighted by atomic mass is 16.5. The van der Waals surface area contributed by atoms with Gasteiger partial charge in [0.05, 0.1) is 26.2 Å². The highest BCUT2D eigenvalue weighted by Crippen LogP contribution is 2.24. The average molecular weight is 355 g/mol. The van der Waals surface area contributed by atoms with Gasteiger partial charge in [-0.1, -0.05) is 17.3 Å². The topological polar surface area (TPSA) is 87.9 Å². The van der Waals surface area contributed by atoms with Crippen molar-refractivity contribution in [2.24, 2.45) is 0 Å². The number of fused-ring (bicyclic) bond motifs is 1. The molecule has 3 aromatic rings. The molecule has 0 bridgehead atoms. The monoisotopic (exact) mass is 355 g/mol. The van der Waals surface area contributed by atoms with E-state index in [9.17, 15) is 9.59 Å². The first-order valence-electron chi connectivity index (χ1n) is 7.86. The van der Waals surface area contributed by atoms with E-state index in [1.807, 2.05) is 12.1 Å². The number of methoxy groups -OCH3 is 2. The minimum absolute atomic E-state index is 0.0838. The summed E-state index contributed by atoms with van der Waals surface area (Å²) in [4.78, 5) is 24.4. The SMILES string of the molecule is COc1ccc(OC)c(C(=O)COC(=O)Cc2noc3ccccc23)c1. The number of aromatic nitrogens is 1. The van der Waals surface area contributed by atoms with Crippen LogP contribution in [0, 0.1) is 0 Å². The van der Waals surface area contributed by atoms with Gasteiger partial charge in [-0.15, -0.1) is 0 Å². The maximum Gasteiger partial charge on any atom is 0.312 e. The molecule has 0 atom stereocenters. The molecule has 7 heteroatoms. The van der Waals surface area contributed by atoms with E-state index in [0.717, 1.165) is 5.39 Å². The third-order valence-electron chi connectivity index (χ3n) is 3.84. The van der Waals surface area contributed by atoms with Gasteiger partial charge in [0.2, 0.25) is 5.78 Å². The van der Waals surface area contributed by atoms with Gasteiger partial charge in [0.15, 0.2) is 12.2 Å². The fraction of sp³-hybridized carbons (Fsp3) is 0.211. The summed E-state index contributed by atoms with van der Waals surface area (Å²) in [6.07, 6.45) is -0.0838. The molecule has 0 aliphatic rings. The zero-order valence-electron chi connectivity index (χ0n) is 14.4. The molecule has 7 nitrogen and oxygen atoms in total. The second kappa shape index (κ2) is 7.69. The number of hydrogen-bond acceptors (Lipinski definition) is 7. The van der Waals surface area contributed by atoms with Gasteiger partial charge in [-0.25, -0.2) is 0 Å². The number of para-hydroxylation sites is 1. The summed E-state index contributed by atoms with van der Waals surface area (Å²) in [6, 6.07) is 12.0. The van der Waals surface area contributed by atoms with Crippen LogP contribution in [0.25, 0.3) is 11.0 Å². The number of carbonyl (C=O) groups excluding carboxylic acids is 2. The van der Waals surface area contributed by atoms with Crippen molar-refractivity contribution in [3.63, 3.8) is 0 Å². The number of esters is 1. The van der Waals surface area contributed by atoms with Gasteiger partial charge >= 0.3 is 5.97 Å². The van der Waals surface area contributed by atoms with Crippen molar-refractivity contribution in [3.8, 4) is 11.5 Å². The molecule has 0 amide bonds. The van der Waals surface area contributed by atoms with Crippen LogP contribution in [-0.2, 0) is 16.0 Å². The van der Waals surface area contributed by atoms with Crippen molar-refractivity contribution >= 4 is 22.7 Å². The number of nitrogens with zero attached hydrogens (tertiary/aromatic N) is 1. The highest BCUT2D eigenvalue weighted by Gasteiger charge is 2.18. The third-order valence-corrected chi connectivity index (χ3v) is 3.84. The summed E-state index contributed by atoms with van der Waals surface area (Å²) >= 11 is 0. The fourth-order valence-corrected chi connectivity index (χ4v) is 2.51. The van der Waals surface area contributed by atoms with Crippen molar-refractivity contribution in [3.05, 3.63) is 53.7 Å². The molecule has 1 heterocycles. The number of Topliss-reactive ketones (excluding diaryl/α,β-unsaturated/α-hetero) is 1.